The van der Waals surface area contributed by atoms with Crippen molar-refractivity contribution in [1.82, 2.24) is 9.88 Å². The Kier molecular flexibility index (Phi) is 4.70. The van der Waals surface area contributed by atoms with Crippen molar-refractivity contribution in [3.63, 3.8) is 0 Å². The number of aromatic nitrogens is 1. The molecule has 2 aromatic rings. The number of fused-ring (bicyclic) bond motifs is 1. The molecule has 2 aliphatic rings. The number of carbonyl (C=O) groups is 1. The summed E-state index contributed by atoms with van der Waals surface area (Å²) in [5, 5.41) is 13.3. The zero-order valence-electron chi connectivity index (χ0n) is 14.7. The Bertz CT molecular complexity index is 987. The summed E-state index contributed by atoms with van der Waals surface area (Å²) >= 11 is 13.3. The standard InChI is InChI=1S/C18H19Cl2N3O4/c1-9-7-22(5-4-21-9)16-12(19)6-11-15(14(16)20)23(10-2-3-10)8-13(17(11)24)27-18(25)26/h6,8-10,21H,2-5,7H2,1H3,(H,25,26). The molecule has 2 heterocycles. The number of piperazine rings is 1. The molecule has 0 bridgehead atoms. The third-order valence-electron chi connectivity index (χ3n) is 4.97. The highest BCUT2D eigenvalue weighted by Crippen LogP contribution is 2.44. The van der Waals surface area contributed by atoms with Crippen molar-refractivity contribution in [3.05, 3.63) is 32.5 Å². The van der Waals surface area contributed by atoms with Gasteiger partial charge in [0.2, 0.25) is 5.43 Å². The predicted octanol–water partition coefficient (Wildman–Crippen LogP) is 3.50. The Morgan fingerprint density at radius 1 is 1.37 bits per heavy atom. The fraction of sp³-hybridized carbons (Fsp3) is 0.444. The lowest BCUT2D eigenvalue weighted by molar-refractivity contribution is 0.143. The van der Waals surface area contributed by atoms with Crippen LogP contribution in [0.15, 0.2) is 17.1 Å². The quantitative estimate of drug-likeness (QED) is 0.751. The van der Waals surface area contributed by atoms with Crippen LogP contribution in [0.1, 0.15) is 25.8 Å². The van der Waals surface area contributed by atoms with E-state index in [0.717, 1.165) is 32.5 Å². The van der Waals surface area contributed by atoms with Gasteiger partial charge in [-0.25, -0.2) is 4.79 Å². The number of rotatable bonds is 3. The van der Waals surface area contributed by atoms with Gasteiger partial charge < -0.3 is 24.6 Å². The van der Waals surface area contributed by atoms with Crippen molar-refractivity contribution < 1.29 is 14.6 Å². The fourth-order valence-corrected chi connectivity index (χ4v) is 4.43. The molecule has 2 N–H and O–H groups in total. The molecule has 1 aliphatic carbocycles. The molecule has 0 amide bonds. The van der Waals surface area contributed by atoms with Gasteiger partial charge in [-0.1, -0.05) is 23.2 Å². The topological polar surface area (TPSA) is 83.8 Å². The Hall–Kier alpha value is -1.96. The van der Waals surface area contributed by atoms with Crippen LogP contribution in [0.5, 0.6) is 5.75 Å². The van der Waals surface area contributed by atoms with Crippen LogP contribution in [0.25, 0.3) is 10.9 Å². The molecule has 1 aromatic heterocycles. The van der Waals surface area contributed by atoms with Crippen molar-refractivity contribution in [1.29, 1.82) is 0 Å². The van der Waals surface area contributed by atoms with Crippen LogP contribution in [0.2, 0.25) is 10.0 Å². The van der Waals surface area contributed by atoms with Crippen molar-refractivity contribution in [2.45, 2.75) is 31.8 Å². The lowest BCUT2D eigenvalue weighted by Gasteiger charge is -2.35. The van der Waals surface area contributed by atoms with Gasteiger partial charge in [-0.3, -0.25) is 4.79 Å². The van der Waals surface area contributed by atoms with Crippen molar-refractivity contribution in [3.8, 4) is 5.75 Å². The summed E-state index contributed by atoms with van der Waals surface area (Å²) < 4.78 is 6.54. The van der Waals surface area contributed by atoms with Crippen LogP contribution in [0, 0.1) is 0 Å². The summed E-state index contributed by atoms with van der Waals surface area (Å²) in [6, 6.07) is 2.03. The summed E-state index contributed by atoms with van der Waals surface area (Å²) in [4.78, 5) is 25.8. The normalized spacial score (nSPS) is 20.1. The Balaban J connectivity index is 1.95. The average molecular weight is 412 g/mol. The number of benzene rings is 1. The van der Waals surface area contributed by atoms with Gasteiger partial charge in [-0.05, 0) is 25.8 Å². The number of pyridine rings is 1. The van der Waals surface area contributed by atoms with Gasteiger partial charge in [0.1, 0.15) is 0 Å². The number of nitrogens with one attached hydrogen (secondary N) is 1. The van der Waals surface area contributed by atoms with Crippen LogP contribution < -0.4 is 20.4 Å². The molecular weight excluding hydrogens is 393 g/mol. The zero-order chi connectivity index (χ0) is 19.3. The molecule has 4 rings (SSSR count). The van der Waals surface area contributed by atoms with E-state index in [9.17, 15) is 9.59 Å². The number of halogens is 2. The molecule has 27 heavy (non-hydrogen) atoms. The second kappa shape index (κ2) is 6.89. The van der Waals surface area contributed by atoms with Gasteiger partial charge in [0.25, 0.3) is 0 Å². The molecule has 9 heteroatoms. The molecule has 144 valence electrons. The molecule has 1 saturated heterocycles. The largest absolute Gasteiger partial charge is 0.511 e. The molecule has 1 unspecified atom stereocenters. The predicted molar refractivity (Wildman–Crippen MR) is 105 cm³/mol. The molecule has 1 saturated carbocycles. The smallest absolute Gasteiger partial charge is 0.449 e. The second-order valence-corrected chi connectivity index (χ2v) is 7.83. The molecule has 1 atom stereocenters. The van der Waals surface area contributed by atoms with Gasteiger partial charge >= 0.3 is 6.16 Å². The maximum absolute atomic E-state index is 12.8. The first-order valence-corrected chi connectivity index (χ1v) is 9.58. The Morgan fingerprint density at radius 3 is 2.74 bits per heavy atom. The van der Waals surface area contributed by atoms with E-state index in [1.165, 1.54) is 6.20 Å². The van der Waals surface area contributed by atoms with E-state index in [2.05, 4.69) is 17.1 Å². The van der Waals surface area contributed by atoms with Gasteiger partial charge in [0.15, 0.2) is 5.75 Å². The number of hydrogen-bond acceptors (Lipinski definition) is 5. The number of ether oxygens (including phenoxy) is 1. The summed E-state index contributed by atoms with van der Waals surface area (Å²) in [5.74, 6) is -0.238. The molecule has 1 aliphatic heterocycles. The van der Waals surface area contributed by atoms with Crippen molar-refractivity contribution in [2.75, 3.05) is 24.5 Å². The summed E-state index contributed by atoms with van der Waals surface area (Å²) in [5.41, 5.74) is 0.751. The number of anilines is 1. The van der Waals surface area contributed by atoms with E-state index in [4.69, 9.17) is 33.0 Å². The van der Waals surface area contributed by atoms with Crippen LogP contribution >= 0.6 is 23.2 Å². The van der Waals surface area contributed by atoms with Crippen LogP contribution in [0.3, 0.4) is 0 Å². The third-order valence-corrected chi connectivity index (χ3v) is 5.62. The van der Waals surface area contributed by atoms with Crippen LogP contribution in [0.4, 0.5) is 10.5 Å². The van der Waals surface area contributed by atoms with E-state index < -0.39 is 11.6 Å². The highest BCUT2D eigenvalue weighted by molar-refractivity contribution is 6.42. The van der Waals surface area contributed by atoms with E-state index >= 15 is 0 Å². The van der Waals surface area contributed by atoms with Gasteiger partial charge in [-0.15, -0.1) is 0 Å². The molecule has 0 spiro atoms. The minimum absolute atomic E-state index is 0.165. The molecule has 2 fully saturated rings. The molecule has 0 radical (unpaired) electrons. The van der Waals surface area contributed by atoms with E-state index in [-0.39, 0.29) is 17.2 Å². The third kappa shape index (κ3) is 3.35. The van der Waals surface area contributed by atoms with Gasteiger partial charge in [0.05, 0.1) is 32.8 Å². The summed E-state index contributed by atoms with van der Waals surface area (Å²) in [7, 11) is 0. The lowest BCUT2D eigenvalue weighted by Crippen LogP contribution is -2.49. The lowest BCUT2D eigenvalue weighted by atomic mass is 10.1. The number of hydrogen-bond donors (Lipinski definition) is 2. The minimum atomic E-state index is -1.53. The van der Waals surface area contributed by atoms with Crippen molar-refractivity contribution in [2.24, 2.45) is 0 Å². The molecular formula is C18H19Cl2N3O4. The number of nitrogens with zero attached hydrogens (tertiary/aromatic N) is 2. The highest BCUT2D eigenvalue weighted by Gasteiger charge is 2.30. The average Bonchev–Trinajstić information content (AvgIpc) is 3.42. The Labute approximate surface area is 165 Å². The van der Waals surface area contributed by atoms with E-state index in [1.807, 2.05) is 4.57 Å². The van der Waals surface area contributed by atoms with Gasteiger partial charge in [0, 0.05) is 31.7 Å². The highest BCUT2D eigenvalue weighted by atomic mass is 35.5. The first kappa shape index (κ1) is 18.4. The fourth-order valence-electron chi connectivity index (χ4n) is 3.64. The minimum Gasteiger partial charge on any atom is -0.449 e. The SMILES string of the molecule is CC1CN(c2c(Cl)cc3c(=O)c(OC(=O)O)cn(C4CC4)c3c2Cl)CCN1. The zero-order valence-corrected chi connectivity index (χ0v) is 16.2. The maximum Gasteiger partial charge on any atom is 0.511 e. The van der Waals surface area contributed by atoms with Crippen LogP contribution in [-0.4, -0.2) is 41.5 Å². The first-order valence-electron chi connectivity index (χ1n) is 8.82. The van der Waals surface area contributed by atoms with Crippen LogP contribution in [-0.2, 0) is 0 Å². The summed E-state index contributed by atoms with van der Waals surface area (Å²) in [6.45, 7) is 4.40. The maximum atomic E-state index is 12.8. The molecule has 7 nitrogen and oxygen atoms in total. The monoisotopic (exact) mass is 411 g/mol. The van der Waals surface area contributed by atoms with Crippen molar-refractivity contribution >= 4 is 45.9 Å². The van der Waals surface area contributed by atoms with E-state index in [0.29, 0.717) is 27.3 Å². The number of carboxylic acid groups (broad SMARTS) is 1. The Morgan fingerprint density at radius 2 is 2.11 bits per heavy atom. The van der Waals surface area contributed by atoms with Gasteiger partial charge in [-0.2, -0.15) is 0 Å². The summed E-state index contributed by atoms with van der Waals surface area (Å²) in [6.07, 6.45) is 1.78. The second-order valence-electron chi connectivity index (χ2n) is 7.05. The van der Waals surface area contributed by atoms with E-state index in [1.54, 1.807) is 6.07 Å². The molecule has 1 aromatic carbocycles. The first-order chi connectivity index (χ1) is 12.9.